The average Bonchev–Trinajstić information content (AvgIpc) is 3.59. The number of likely N-dealkylation sites (tertiary alicyclic amines) is 1. The van der Waals surface area contributed by atoms with Crippen molar-refractivity contribution in [3.63, 3.8) is 0 Å². The Labute approximate surface area is 220 Å². The first-order valence-electron chi connectivity index (χ1n) is 12.8. The molecule has 7 nitrogen and oxygen atoms in total. The van der Waals surface area contributed by atoms with E-state index in [2.05, 4.69) is 16.4 Å². The molecule has 3 fully saturated rings. The lowest BCUT2D eigenvalue weighted by Gasteiger charge is -2.32. The van der Waals surface area contributed by atoms with E-state index in [0.717, 1.165) is 43.9 Å². The minimum Gasteiger partial charge on any atom is -0.349 e. The highest BCUT2D eigenvalue weighted by atomic mass is 35.5. The number of aromatic nitrogens is 1. The maximum absolute atomic E-state index is 13.8. The van der Waals surface area contributed by atoms with Crippen molar-refractivity contribution in [2.45, 2.75) is 76.3 Å². The van der Waals surface area contributed by atoms with Crippen LogP contribution in [-0.4, -0.2) is 46.1 Å². The lowest BCUT2D eigenvalue weighted by Crippen LogP contribution is -2.49. The predicted molar refractivity (Wildman–Crippen MR) is 138 cm³/mol. The number of benzene rings is 1. The average molecular weight is 529 g/mol. The number of aromatic amines is 1. The number of rotatable bonds is 5. The van der Waals surface area contributed by atoms with E-state index in [-0.39, 0.29) is 28.9 Å². The summed E-state index contributed by atoms with van der Waals surface area (Å²) < 4.78 is 0. The first-order chi connectivity index (χ1) is 17.3. The molecule has 9 heteroatoms. The van der Waals surface area contributed by atoms with E-state index in [1.54, 1.807) is 23.1 Å². The fourth-order valence-electron chi connectivity index (χ4n) is 6.41. The molecule has 0 radical (unpaired) electrons. The lowest BCUT2D eigenvalue weighted by molar-refractivity contribution is -0.126. The van der Waals surface area contributed by atoms with Crippen molar-refractivity contribution in [1.29, 1.82) is 5.26 Å². The third-order valence-electron chi connectivity index (χ3n) is 8.33. The summed E-state index contributed by atoms with van der Waals surface area (Å²) >= 11 is 12.5. The molecular weight excluding hydrogens is 499 g/mol. The summed E-state index contributed by atoms with van der Waals surface area (Å²) in [6, 6.07) is 5.97. The third-order valence-corrected chi connectivity index (χ3v) is 9.13. The number of nitrogens with one attached hydrogen (secondary N) is 2. The quantitative estimate of drug-likeness (QED) is 0.541. The Morgan fingerprint density at radius 1 is 1.22 bits per heavy atom. The Morgan fingerprint density at radius 2 is 2.00 bits per heavy atom. The molecule has 0 bridgehead atoms. The van der Waals surface area contributed by atoms with E-state index in [9.17, 15) is 19.6 Å². The molecule has 3 atom stereocenters. The van der Waals surface area contributed by atoms with Crippen LogP contribution < -0.4 is 5.32 Å². The number of Topliss-reactive ketones (excluding diaryl/α,β-unsaturated/α-hetero) is 1. The molecule has 1 saturated heterocycles. The van der Waals surface area contributed by atoms with Gasteiger partial charge in [0.05, 0.1) is 21.6 Å². The van der Waals surface area contributed by atoms with E-state index in [1.807, 2.05) is 0 Å². The van der Waals surface area contributed by atoms with Gasteiger partial charge in [0.1, 0.15) is 23.6 Å². The molecule has 1 aromatic heterocycles. The number of H-pyrrole nitrogens is 1. The van der Waals surface area contributed by atoms with Crippen molar-refractivity contribution >= 4 is 51.7 Å². The second kappa shape index (κ2) is 10.1. The largest absolute Gasteiger partial charge is 0.349 e. The Bertz CT molecular complexity index is 1240. The zero-order valence-electron chi connectivity index (χ0n) is 20.1. The summed E-state index contributed by atoms with van der Waals surface area (Å²) in [5.41, 5.74) is 0.853. The molecule has 3 unspecified atom stereocenters. The van der Waals surface area contributed by atoms with Gasteiger partial charge in [-0.15, -0.1) is 0 Å². The summed E-state index contributed by atoms with van der Waals surface area (Å²) in [7, 11) is 0. The Kier molecular flexibility index (Phi) is 7.02. The minimum atomic E-state index is -0.751. The molecule has 1 spiro atoms. The molecule has 2 N–H and O–H groups in total. The summed E-state index contributed by atoms with van der Waals surface area (Å²) in [5.74, 6) is -0.592. The van der Waals surface area contributed by atoms with Crippen LogP contribution in [0.2, 0.25) is 10.0 Å². The fraction of sp³-hybridized carbons (Fsp3) is 0.556. The normalized spacial score (nSPS) is 24.2. The van der Waals surface area contributed by atoms with Gasteiger partial charge in [-0.3, -0.25) is 14.4 Å². The van der Waals surface area contributed by atoms with Crippen molar-refractivity contribution in [2.75, 3.05) is 6.54 Å². The molecule has 2 amide bonds. The van der Waals surface area contributed by atoms with Crippen LogP contribution in [0.25, 0.3) is 10.9 Å². The maximum atomic E-state index is 13.8. The number of fused-ring (bicyclic) bond motifs is 1. The van der Waals surface area contributed by atoms with Crippen LogP contribution in [0, 0.1) is 22.7 Å². The van der Waals surface area contributed by atoms with E-state index >= 15 is 0 Å². The van der Waals surface area contributed by atoms with Gasteiger partial charge in [0.25, 0.3) is 5.91 Å². The minimum absolute atomic E-state index is 0.0908. The van der Waals surface area contributed by atoms with E-state index < -0.39 is 12.1 Å². The molecule has 36 heavy (non-hydrogen) atoms. The Morgan fingerprint density at radius 3 is 2.69 bits per heavy atom. The molecule has 1 aromatic carbocycles. The van der Waals surface area contributed by atoms with Gasteiger partial charge in [0, 0.05) is 24.3 Å². The Balaban J connectivity index is 1.39. The molecule has 1 aliphatic heterocycles. The summed E-state index contributed by atoms with van der Waals surface area (Å²) in [6.45, 7) is 0.506. The first kappa shape index (κ1) is 25.1. The van der Waals surface area contributed by atoms with Crippen molar-refractivity contribution in [2.24, 2.45) is 11.3 Å². The zero-order valence-corrected chi connectivity index (χ0v) is 21.6. The van der Waals surface area contributed by atoms with E-state index in [0.29, 0.717) is 47.1 Å². The monoisotopic (exact) mass is 528 g/mol. The van der Waals surface area contributed by atoms with Crippen LogP contribution in [0.4, 0.5) is 0 Å². The number of nitrogens with zero attached hydrogens (tertiary/aromatic N) is 2. The van der Waals surface area contributed by atoms with Gasteiger partial charge in [0.2, 0.25) is 5.91 Å². The first-order valence-corrected chi connectivity index (χ1v) is 13.6. The SMILES string of the molecule is N#CC(CC1CCCC1=O)NC(=O)C1CC2(CCCCC2)CN1C(=O)c1cc2ccc(Cl)c(Cl)c2[nH]1. The number of ketones is 1. The van der Waals surface area contributed by atoms with Crippen LogP contribution >= 0.6 is 23.2 Å². The number of hydrogen-bond donors (Lipinski definition) is 2. The van der Waals surface area contributed by atoms with Gasteiger partial charge in [-0.2, -0.15) is 5.26 Å². The molecule has 5 rings (SSSR count). The predicted octanol–water partition coefficient (Wildman–Crippen LogP) is 5.41. The standard InChI is InChI=1S/C27H30Cl2N4O3/c28-19-8-7-17-12-20(32-24(17)23(19)29)26(36)33-15-27(9-2-1-3-10-27)13-21(33)25(35)31-18(14-30)11-16-5-4-6-22(16)34/h7-8,12,16,18,21,32H,1-6,9-11,13,15H2,(H,31,35). The zero-order chi connectivity index (χ0) is 25.4. The van der Waals surface area contributed by atoms with Crippen molar-refractivity contribution in [3.05, 3.63) is 33.9 Å². The van der Waals surface area contributed by atoms with Crippen LogP contribution in [0.1, 0.15) is 74.7 Å². The smallest absolute Gasteiger partial charge is 0.271 e. The number of nitriles is 1. The topological polar surface area (TPSA) is 106 Å². The molecule has 2 aromatic rings. The highest BCUT2D eigenvalue weighted by molar-refractivity contribution is 6.45. The molecule has 190 valence electrons. The van der Waals surface area contributed by atoms with Crippen molar-refractivity contribution < 1.29 is 14.4 Å². The van der Waals surface area contributed by atoms with Gasteiger partial charge in [0.15, 0.2) is 0 Å². The highest BCUT2D eigenvalue weighted by Gasteiger charge is 2.49. The van der Waals surface area contributed by atoms with E-state index in [1.165, 1.54) is 6.42 Å². The maximum Gasteiger partial charge on any atom is 0.271 e. The molecule has 2 saturated carbocycles. The number of halogens is 2. The van der Waals surface area contributed by atoms with Crippen LogP contribution in [0.15, 0.2) is 18.2 Å². The van der Waals surface area contributed by atoms with Gasteiger partial charge >= 0.3 is 0 Å². The summed E-state index contributed by atoms with van der Waals surface area (Å²) in [4.78, 5) is 44.1. The molecule has 2 aliphatic carbocycles. The summed E-state index contributed by atoms with van der Waals surface area (Å²) in [6.07, 6.45) is 8.35. The lowest BCUT2D eigenvalue weighted by atomic mass is 9.72. The highest BCUT2D eigenvalue weighted by Crippen LogP contribution is 2.47. The third kappa shape index (κ3) is 4.73. The number of hydrogen-bond acceptors (Lipinski definition) is 4. The van der Waals surface area contributed by atoms with E-state index in [4.69, 9.17) is 23.2 Å². The van der Waals surface area contributed by atoms with Gasteiger partial charge < -0.3 is 15.2 Å². The van der Waals surface area contributed by atoms with Crippen molar-refractivity contribution in [1.82, 2.24) is 15.2 Å². The second-order valence-electron chi connectivity index (χ2n) is 10.7. The van der Waals surface area contributed by atoms with Gasteiger partial charge in [-0.05, 0) is 56.1 Å². The van der Waals surface area contributed by atoms with Gasteiger partial charge in [-0.25, -0.2) is 0 Å². The number of amides is 2. The molecule has 3 aliphatic rings. The summed E-state index contributed by atoms with van der Waals surface area (Å²) in [5, 5.41) is 14.1. The van der Waals surface area contributed by atoms with Crippen molar-refractivity contribution in [3.8, 4) is 6.07 Å². The van der Waals surface area contributed by atoms with Crippen LogP contribution in [0.3, 0.4) is 0 Å². The van der Waals surface area contributed by atoms with Crippen LogP contribution in [0.5, 0.6) is 0 Å². The Hall–Kier alpha value is -2.56. The van der Waals surface area contributed by atoms with Crippen LogP contribution in [-0.2, 0) is 9.59 Å². The molecular formula is C27H30Cl2N4O3. The number of carbonyl (C=O) groups excluding carboxylic acids is 3. The molecule has 2 heterocycles. The van der Waals surface area contributed by atoms with Gasteiger partial charge in [-0.1, -0.05) is 48.5 Å². The second-order valence-corrected chi connectivity index (χ2v) is 11.5. The number of carbonyl (C=O) groups is 3. The fourth-order valence-corrected chi connectivity index (χ4v) is 6.79.